The van der Waals surface area contributed by atoms with Crippen molar-refractivity contribution in [1.82, 2.24) is 10.3 Å². The van der Waals surface area contributed by atoms with Crippen LogP contribution in [0.4, 0.5) is 0 Å². The van der Waals surface area contributed by atoms with Crippen LogP contribution in [0.15, 0.2) is 30.3 Å². The number of pyridine rings is 1. The summed E-state index contributed by atoms with van der Waals surface area (Å²) in [5.41, 5.74) is 5.32. The molecule has 1 aliphatic rings. The Morgan fingerprint density at radius 1 is 1.21 bits per heavy atom. The Labute approximate surface area is 174 Å². The van der Waals surface area contributed by atoms with Gasteiger partial charge in [0.2, 0.25) is 0 Å². The molecule has 1 aliphatic heterocycles. The summed E-state index contributed by atoms with van der Waals surface area (Å²) in [5.74, 6) is 1.51. The number of ether oxygens (including phenoxy) is 3. The average molecular weight is 399 g/mol. The Bertz CT molecular complexity index is 777. The van der Waals surface area contributed by atoms with Gasteiger partial charge in [0.05, 0.1) is 30.2 Å². The first-order chi connectivity index (χ1) is 14.1. The molecular formula is C24H34N2O3. The van der Waals surface area contributed by atoms with E-state index in [1.165, 1.54) is 5.56 Å². The van der Waals surface area contributed by atoms with Gasteiger partial charge in [0.1, 0.15) is 5.75 Å². The molecule has 2 heterocycles. The Morgan fingerprint density at radius 3 is 2.72 bits per heavy atom. The smallest absolute Gasteiger partial charge is 0.187 e. The molecule has 5 nitrogen and oxygen atoms in total. The Hall–Kier alpha value is -1.95. The number of nitrogens with zero attached hydrogens (tertiary/aromatic N) is 1. The number of hydrogen-bond acceptors (Lipinski definition) is 5. The van der Waals surface area contributed by atoms with E-state index in [-0.39, 0.29) is 6.29 Å². The molecule has 0 spiro atoms. The molecule has 1 N–H and O–H groups in total. The van der Waals surface area contributed by atoms with Crippen LogP contribution in [-0.4, -0.2) is 31.8 Å². The van der Waals surface area contributed by atoms with E-state index in [4.69, 9.17) is 19.2 Å². The summed E-state index contributed by atoms with van der Waals surface area (Å²) in [6.45, 7) is 9.74. The van der Waals surface area contributed by atoms with Gasteiger partial charge >= 0.3 is 0 Å². The van der Waals surface area contributed by atoms with Gasteiger partial charge in [-0.25, -0.2) is 0 Å². The first kappa shape index (κ1) is 21.8. The number of unbranched alkanes of at least 4 members (excludes halogenated alkanes) is 1. The van der Waals surface area contributed by atoms with Gasteiger partial charge in [-0.15, -0.1) is 0 Å². The van der Waals surface area contributed by atoms with Gasteiger partial charge in [0, 0.05) is 19.1 Å². The maximum Gasteiger partial charge on any atom is 0.187 e. The summed E-state index contributed by atoms with van der Waals surface area (Å²) in [6, 6.07) is 10.4. The number of aromatic nitrogens is 1. The molecule has 3 rings (SSSR count). The van der Waals surface area contributed by atoms with Crippen LogP contribution in [0, 0.1) is 12.8 Å². The minimum Gasteiger partial charge on any atom is -0.491 e. The Kier molecular flexibility index (Phi) is 8.04. The zero-order valence-electron chi connectivity index (χ0n) is 18.2. The van der Waals surface area contributed by atoms with Gasteiger partial charge in [-0.1, -0.05) is 44.2 Å². The number of benzene rings is 1. The van der Waals surface area contributed by atoms with Gasteiger partial charge < -0.3 is 19.5 Å². The van der Waals surface area contributed by atoms with Gasteiger partial charge in [-0.3, -0.25) is 4.98 Å². The SMILES string of the molecule is COC1OCc2c(Cc3ccccc3)nc(C)c(OCCCCNCC(C)C)c21. The highest BCUT2D eigenvalue weighted by Gasteiger charge is 2.32. The van der Waals surface area contributed by atoms with Crippen molar-refractivity contribution in [2.45, 2.75) is 52.9 Å². The molecule has 5 heteroatoms. The lowest BCUT2D eigenvalue weighted by atomic mass is 10.0. The number of fused-ring (bicyclic) bond motifs is 1. The number of aryl methyl sites for hydroxylation is 1. The summed E-state index contributed by atoms with van der Waals surface area (Å²) in [7, 11) is 1.68. The molecule has 0 saturated carbocycles. The van der Waals surface area contributed by atoms with Crippen molar-refractivity contribution in [2.75, 3.05) is 26.8 Å². The number of nitrogens with one attached hydrogen (secondary N) is 1. The molecule has 1 aromatic heterocycles. The molecule has 1 atom stereocenters. The van der Waals surface area contributed by atoms with Crippen molar-refractivity contribution in [1.29, 1.82) is 0 Å². The van der Waals surface area contributed by atoms with E-state index in [1.807, 2.05) is 13.0 Å². The lowest BCUT2D eigenvalue weighted by molar-refractivity contribution is -0.119. The fourth-order valence-corrected chi connectivity index (χ4v) is 3.68. The predicted molar refractivity (Wildman–Crippen MR) is 115 cm³/mol. The molecule has 2 aromatic rings. The van der Waals surface area contributed by atoms with Crippen LogP contribution >= 0.6 is 0 Å². The zero-order chi connectivity index (χ0) is 20.6. The van der Waals surface area contributed by atoms with Crippen molar-refractivity contribution < 1.29 is 14.2 Å². The largest absolute Gasteiger partial charge is 0.491 e. The second kappa shape index (κ2) is 10.7. The van der Waals surface area contributed by atoms with E-state index in [1.54, 1.807) is 7.11 Å². The standard InChI is InChI=1S/C24H34N2O3/c1-17(2)15-25-12-8-9-13-28-23-18(3)26-21(14-19-10-6-5-7-11-19)20-16-29-24(27-4)22(20)23/h5-7,10-11,17,24-25H,8-9,12-16H2,1-4H3. The fourth-order valence-electron chi connectivity index (χ4n) is 3.68. The third-order valence-corrected chi connectivity index (χ3v) is 5.14. The van der Waals surface area contributed by atoms with Crippen LogP contribution in [0.5, 0.6) is 5.75 Å². The molecule has 1 unspecified atom stereocenters. The number of hydrogen-bond donors (Lipinski definition) is 1. The quantitative estimate of drug-likeness (QED) is 0.562. The molecule has 0 amide bonds. The lowest BCUT2D eigenvalue weighted by Crippen LogP contribution is -2.21. The van der Waals surface area contributed by atoms with E-state index in [2.05, 4.69) is 43.4 Å². The molecule has 0 saturated heterocycles. The first-order valence-corrected chi connectivity index (χ1v) is 10.6. The molecule has 0 bridgehead atoms. The summed E-state index contributed by atoms with van der Waals surface area (Å²) in [6.07, 6.45) is 2.50. The highest BCUT2D eigenvalue weighted by molar-refractivity contribution is 5.48. The maximum atomic E-state index is 6.19. The minimum absolute atomic E-state index is 0.385. The van der Waals surface area contributed by atoms with Crippen LogP contribution in [0.2, 0.25) is 0 Å². The monoisotopic (exact) mass is 398 g/mol. The molecular weight excluding hydrogens is 364 g/mol. The molecule has 1 aromatic carbocycles. The first-order valence-electron chi connectivity index (χ1n) is 10.6. The minimum atomic E-state index is -0.385. The highest BCUT2D eigenvalue weighted by atomic mass is 16.7. The maximum absolute atomic E-state index is 6.19. The second-order valence-corrected chi connectivity index (χ2v) is 8.06. The highest BCUT2D eigenvalue weighted by Crippen LogP contribution is 2.41. The summed E-state index contributed by atoms with van der Waals surface area (Å²) >= 11 is 0. The van der Waals surface area contributed by atoms with Gasteiger partial charge in [-0.2, -0.15) is 0 Å². The van der Waals surface area contributed by atoms with Crippen LogP contribution < -0.4 is 10.1 Å². The normalized spacial score (nSPS) is 15.7. The Morgan fingerprint density at radius 2 is 2.00 bits per heavy atom. The number of methoxy groups -OCH3 is 1. The van der Waals surface area contributed by atoms with Crippen LogP contribution in [0.25, 0.3) is 0 Å². The number of rotatable bonds is 11. The van der Waals surface area contributed by atoms with E-state index < -0.39 is 0 Å². The van der Waals surface area contributed by atoms with Crippen LogP contribution in [0.3, 0.4) is 0 Å². The lowest BCUT2D eigenvalue weighted by Gasteiger charge is -2.18. The van der Waals surface area contributed by atoms with Crippen LogP contribution in [-0.2, 0) is 22.5 Å². The summed E-state index contributed by atoms with van der Waals surface area (Å²) in [5, 5.41) is 3.48. The predicted octanol–water partition coefficient (Wildman–Crippen LogP) is 4.56. The van der Waals surface area contributed by atoms with E-state index >= 15 is 0 Å². The van der Waals surface area contributed by atoms with Gasteiger partial charge in [0.15, 0.2) is 6.29 Å². The van der Waals surface area contributed by atoms with E-state index in [0.29, 0.717) is 19.1 Å². The molecule has 0 fully saturated rings. The van der Waals surface area contributed by atoms with Crippen molar-refractivity contribution in [3.05, 3.63) is 58.4 Å². The average Bonchev–Trinajstić information content (AvgIpc) is 3.14. The molecule has 0 radical (unpaired) electrons. The van der Waals surface area contributed by atoms with Crippen LogP contribution in [0.1, 0.15) is 61.1 Å². The van der Waals surface area contributed by atoms with E-state index in [9.17, 15) is 0 Å². The van der Waals surface area contributed by atoms with E-state index in [0.717, 1.165) is 60.6 Å². The van der Waals surface area contributed by atoms with Crippen molar-refractivity contribution in [3.63, 3.8) is 0 Å². The zero-order valence-corrected chi connectivity index (χ0v) is 18.2. The summed E-state index contributed by atoms with van der Waals surface area (Å²) in [4.78, 5) is 4.88. The molecule has 29 heavy (non-hydrogen) atoms. The van der Waals surface area contributed by atoms with Crippen molar-refractivity contribution >= 4 is 0 Å². The second-order valence-electron chi connectivity index (χ2n) is 8.06. The van der Waals surface area contributed by atoms with Gasteiger partial charge in [-0.05, 0) is 44.3 Å². The van der Waals surface area contributed by atoms with Crippen molar-refractivity contribution in [2.24, 2.45) is 5.92 Å². The third kappa shape index (κ3) is 5.78. The summed E-state index contributed by atoms with van der Waals surface area (Å²) < 4.78 is 17.7. The molecule has 158 valence electrons. The van der Waals surface area contributed by atoms with Gasteiger partial charge in [0.25, 0.3) is 0 Å². The Balaban J connectivity index is 1.68. The fraction of sp³-hybridized carbons (Fsp3) is 0.542. The van der Waals surface area contributed by atoms with Crippen molar-refractivity contribution in [3.8, 4) is 5.75 Å². The topological polar surface area (TPSA) is 52.6 Å². The molecule has 0 aliphatic carbocycles. The third-order valence-electron chi connectivity index (χ3n) is 5.14.